The van der Waals surface area contributed by atoms with Gasteiger partial charge >= 0.3 is 5.97 Å². The van der Waals surface area contributed by atoms with E-state index in [2.05, 4.69) is 40.8 Å². The Morgan fingerprint density at radius 3 is 2.46 bits per heavy atom. The summed E-state index contributed by atoms with van der Waals surface area (Å²) in [4.78, 5) is 12.1. The van der Waals surface area contributed by atoms with Crippen LogP contribution in [-0.4, -0.2) is 32.6 Å². The summed E-state index contributed by atoms with van der Waals surface area (Å²) in [5, 5.41) is 10.5. The van der Waals surface area contributed by atoms with Gasteiger partial charge in [0.15, 0.2) is 8.32 Å². The Kier molecular flexibility index (Phi) is 5.27. The maximum atomic E-state index is 12.1. The van der Waals surface area contributed by atoms with Gasteiger partial charge in [0.2, 0.25) is 0 Å². The van der Waals surface area contributed by atoms with Crippen LogP contribution in [0.25, 0.3) is 0 Å². The predicted molar refractivity (Wildman–Crippen MR) is 98.4 cm³/mol. The Hall–Kier alpha value is -0.813. The van der Waals surface area contributed by atoms with Crippen LogP contribution < -0.4 is 0 Å². The molecule has 3 atom stereocenters. The van der Waals surface area contributed by atoms with E-state index < -0.39 is 14.3 Å². The third kappa shape index (κ3) is 3.17. The summed E-state index contributed by atoms with van der Waals surface area (Å²) >= 11 is 0. The molecule has 0 spiro atoms. The summed E-state index contributed by atoms with van der Waals surface area (Å²) in [6.45, 7) is 13.6. The Labute approximate surface area is 147 Å². The quantitative estimate of drug-likeness (QED) is 0.572. The van der Waals surface area contributed by atoms with E-state index in [4.69, 9.17) is 9.16 Å². The highest BCUT2D eigenvalue weighted by Crippen LogP contribution is 2.58. The minimum atomic E-state index is -1.88. The molecule has 0 amide bonds. The van der Waals surface area contributed by atoms with E-state index in [0.717, 1.165) is 19.3 Å². The minimum absolute atomic E-state index is 0.0503. The molecule has 0 aromatic rings. The first kappa shape index (κ1) is 19.5. The van der Waals surface area contributed by atoms with Crippen LogP contribution in [0.4, 0.5) is 0 Å². The van der Waals surface area contributed by atoms with E-state index in [1.807, 2.05) is 0 Å². The van der Waals surface area contributed by atoms with Gasteiger partial charge in [0.1, 0.15) is 5.76 Å². The van der Waals surface area contributed by atoms with Crippen molar-refractivity contribution >= 4 is 14.3 Å². The molecular weight excluding hydrogens is 320 g/mol. The standard InChI is InChI=1S/C19H34O4Si/c1-8-19-12-14(17(21)22-5)15(20)11-13(19)9-10-16(19)23-24(6,7)18(2,3)4/h13,16,20H,8-12H2,1-7H3/t13-,16-,19-/m0/s1. The number of carbonyl (C=O) groups excluding carboxylic acids is 1. The molecule has 0 aromatic heterocycles. The van der Waals surface area contributed by atoms with Gasteiger partial charge in [0, 0.05) is 11.8 Å². The number of aliphatic hydroxyl groups excluding tert-OH is 1. The Balaban J connectivity index is 2.33. The average molecular weight is 355 g/mol. The van der Waals surface area contributed by atoms with Crippen LogP contribution in [0.5, 0.6) is 0 Å². The van der Waals surface area contributed by atoms with Crippen LogP contribution in [0.3, 0.4) is 0 Å². The Morgan fingerprint density at radius 1 is 1.33 bits per heavy atom. The molecule has 0 aromatic carbocycles. The van der Waals surface area contributed by atoms with Crippen LogP contribution in [0.15, 0.2) is 11.3 Å². The summed E-state index contributed by atoms with van der Waals surface area (Å²) in [5.74, 6) is 0.228. The molecule has 2 aliphatic carbocycles. The third-order valence-corrected chi connectivity index (χ3v) is 11.3. The lowest BCUT2D eigenvalue weighted by atomic mass is 9.65. The topological polar surface area (TPSA) is 55.8 Å². The highest BCUT2D eigenvalue weighted by molar-refractivity contribution is 6.74. The smallest absolute Gasteiger partial charge is 0.337 e. The molecule has 0 bridgehead atoms. The number of carbonyl (C=O) groups is 1. The summed E-state index contributed by atoms with van der Waals surface area (Å²) in [6, 6.07) is 0. The fourth-order valence-electron chi connectivity index (χ4n) is 4.20. The van der Waals surface area contributed by atoms with Crippen LogP contribution in [-0.2, 0) is 14.0 Å². The number of methoxy groups -OCH3 is 1. The molecular formula is C19H34O4Si. The Morgan fingerprint density at radius 2 is 1.96 bits per heavy atom. The number of esters is 1. The molecule has 0 unspecified atom stereocenters. The van der Waals surface area contributed by atoms with Crippen molar-refractivity contribution in [1.29, 1.82) is 0 Å². The largest absolute Gasteiger partial charge is 0.512 e. The van der Waals surface area contributed by atoms with E-state index in [1.54, 1.807) is 0 Å². The number of fused-ring (bicyclic) bond motifs is 1. The number of hydrogen-bond donors (Lipinski definition) is 1. The van der Waals surface area contributed by atoms with E-state index in [1.165, 1.54) is 7.11 Å². The third-order valence-electron chi connectivity index (χ3n) is 6.86. The molecule has 1 N–H and O–H groups in total. The maximum Gasteiger partial charge on any atom is 0.337 e. The molecule has 2 rings (SSSR count). The molecule has 1 saturated carbocycles. The summed E-state index contributed by atoms with van der Waals surface area (Å²) in [6.07, 6.45) is 4.37. The number of hydrogen-bond acceptors (Lipinski definition) is 4. The van der Waals surface area contributed by atoms with Gasteiger partial charge in [-0.2, -0.15) is 0 Å². The predicted octanol–water partition coefficient (Wildman–Crippen LogP) is 4.96. The van der Waals surface area contributed by atoms with Gasteiger partial charge in [-0.05, 0) is 49.7 Å². The second-order valence-electron chi connectivity index (χ2n) is 9.03. The first-order valence-electron chi connectivity index (χ1n) is 9.15. The van der Waals surface area contributed by atoms with E-state index in [0.29, 0.717) is 24.3 Å². The van der Waals surface area contributed by atoms with Crippen LogP contribution in [0, 0.1) is 11.3 Å². The molecule has 24 heavy (non-hydrogen) atoms. The highest BCUT2D eigenvalue weighted by Gasteiger charge is 2.55. The molecule has 0 saturated heterocycles. The lowest BCUT2D eigenvalue weighted by Crippen LogP contribution is -2.49. The van der Waals surface area contributed by atoms with Gasteiger partial charge < -0.3 is 14.3 Å². The van der Waals surface area contributed by atoms with Gasteiger partial charge in [0.25, 0.3) is 0 Å². The fourth-order valence-corrected chi connectivity index (χ4v) is 5.62. The summed E-state index contributed by atoms with van der Waals surface area (Å²) in [5.41, 5.74) is 0.409. The van der Waals surface area contributed by atoms with E-state index >= 15 is 0 Å². The molecule has 138 valence electrons. The van der Waals surface area contributed by atoms with Crippen molar-refractivity contribution in [3.05, 3.63) is 11.3 Å². The second-order valence-corrected chi connectivity index (χ2v) is 13.8. The van der Waals surface area contributed by atoms with Gasteiger partial charge in [-0.25, -0.2) is 4.79 Å². The molecule has 1 fully saturated rings. The van der Waals surface area contributed by atoms with Gasteiger partial charge in [-0.1, -0.05) is 27.7 Å². The molecule has 0 aliphatic heterocycles. The van der Waals surface area contributed by atoms with Crippen molar-refractivity contribution < 1.29 is 19.1 Å². The van der Waals surface area contributed by atoms with Crippen LogP contribution in [0.2, 0.25) is 18.1 Å². The number of ether oxygens (including phenoxy) is 1. The fraction of sp³-hybridized carbons (Fsp3) is 0.842. The molecule has 4 nitrogen and oxygen atoms in total. The minimum Gasteiger partial charge on any atom is -0.512 e. The van der Waals surface area contributed by atoms with E-state index in [9.17, 15) is 9.90 Å². The average Bonchev–Trinajstić information content (AvgIpc) is 2.82. The molecule has 0 radical (unpaired) electrons. The first-order chi connectivity index (χ1) is 11.0. The number of allylic oxidation sites excluding steroid dienone is 1. The van der Waals surface area contributed by atoms with Crippen LogP contribution in [0.1, 0.15) is 59.8 Å². The number of aliphatic hydroxyl groups is 1. The lowest BCUT2D eigenvalue weighted by Gasteiger charge is -2.47. The normalized spacial score (nSPS) is 31.1. The summed E-state index contributed by atoms with van der Waals surface area (Å²) in [7, 11) is -0.498. The second kappa shape index (κ2) is 6.49. The van der Waals surface area contributed by atoms with Gasteiger partial charge in [-0.3, -0.25) is 0 Å². The zero-order valence-electron chi connectivity index (χ0n) is 16.4. The SMILES string of the molecule is CC[C@]12CC(C(=O)OC)=C(O)C[C@@H]1CC[C@@H]2O[Si](C)(C)C(C)(C)C. The molecule has 0 heterocycles. The van der Waals surface area contributed by atoms with Crippen molar-refractivity contribution in [3.8, 4) is 0 Å². The Bertz CT molecular complexity index is 532. The maximum absolute atomic E-state index is 12.1. The zero-order chi connectivity index (χ0) is 18.3. The molecule has 2 aliphatic rings. The summed E-state index contributed by atoms with van der Waals surface area (Å²) < 4.78 is 11.7. The van der Waals surface area contributed by atoms with Gasteiger partial charge in [-0.15, -0.1) is 0 Å². The lowest BCUT2D eigenvalue weighted by molar-refractivity contribution is -0.137. The van der Waals surface area contributed by atoms with Gasteiger partial charge in [0.05, 0.1) is 18.8 Å². The van der Waals surface area contributed by atoms with Crippen molar-refractivity contribution in [2.75, 3.05) is 7.11 Å². The molecule has 5 heteroatoms. The van der Waals surface area contributed by atoms with Crippen LogP contribution >= 0.6 is 0 Å². The van der Waals surface area contributed by atoms with Crippen molar-refractivity contribution in [3.63, 3.8) is 0 Å². The zero-order valence-corrected chi connectivity index (χ0v) is 17.4. The van der Waals surface area contributed by atoms with Crippen molar-refractivity contribution in [1.82, 2.24) is 0 Å². The number of rotatable bonds is 4. The van der Waals surface area contributed by atoms with Crippen molar-refractivity contribution in [2.24, 2.45) is 11.3 Å². The van der Waals surface area contributed by atoms with E-state index in [-0.39, 0.29) is 22.3 Å². The van der Waals surface area contributed by atoms with Crippen molar-refractivity contribution in [2.45, 2.75) is 84.0 Å². The monoisotopic (exact) mass is 354 g/mol. The first-order valence-corrected chi connectivity index (χ1v) is 12.1. The highest BCUT2D eigenvalue weighted by atomic mass is 28.4.